The van der Waals surface area contributed by atoms with E-state index in [1.54, 1.807) is 42.5 Å². The molecule has 2 aromatic rings. The fourth-order valence-corrected chi connectivity index (χ4v) is 2.70. The van der Waals surface area contributed by atoms with Gasteiger partial charge in [0.15, 0.2) is 5.78 Å². The number of hydrogen-bond acceptors (Lipinski definition) is 6. The second-order valence-corrected chi connectivity index (χ2v) is 6.55. The van der Waals surface area contributed by atoms with Gasteiger partial charge in [0.2, 0.25) is 0 Å². The summed E-state index contributed by atoms with van der Waals surface area (Å²) >= 11 is 0. The Bertz CT molecular complexity index is 891. The quantitative estimate of drug-likeness (QED) is 0.161. The molecular formula is C22H24N2O6. The zero-order chi connectivity index (χ0) is 21.9. The lowest BCUT2D eigenvalue weighted by molar-refractivity contribution is -0.124. The van der Waals surface area contributed by atoms with Crippen LogP contribution in [-0.4, -0.2) is 28.1 Å². The number of ether oxygens (including phenoxy) is 1. The first-order chi connectivity index (χ1) is 14.4. The van der Waals surface area contributed by atoms with E-state index in [0.29, 0.717) is 36.1 Å². The first kappa shape index (κ1) is 22.6. The number of benzene rings is 2. The van der Waals surface area contributed by atoms with E-state index in [4.69, 9.17) is 9.94 Å². The highest BCUT2D eigenvalue weighted by Crippen LogP contribution is 2.26. The van der Waals surface area contributed by atoms with Crippen molar-refractivity contribution in [1.82, 2.24) is 5.48 Å². The minimum Gasteiger partial charge on any atom is -0.508 e. The summed E-state index contributed by atoms with van der Waals surface area (Å²) < 4.78 is 5.56. The van der Waals surface area contributed by atoms with Gasteiger partial charge in [-0.15, -0.1) is 0 Å². The molecule has 2 rings (SSSR count). The Morgan fingerprint density at radius 1 is 1.07 bits per heavy atom. The Labute approximate surface area is 174 Å². The maximum absolute atomic E-state index is 12.4. The summed E-state index contributed by atoms with van der Waals surface area (Å²) in [5, 5.41) is 20.6. The lowest BCUT2D eigenvalue weighted by atomic mass is 10.0. The molecule has 0 spiro atoms. The molecule has 0 saturated heterocycles. The van der Waals surface area contributed by atoms with Gasteiger partial charge in [-0.1, -0.05) is 18.2 Å². The van der Waals surface area contributed by atoms with Gasteiger partial charge in [0, 0.05) is 17.3 Å². The van der Waals surface area contributed by atoms with E-state index in [-0.39, 0.29) is 11.5 Å². The van der Waals surface area contributed by atoms with E-state index in [0.717, 1.165) is 0 Å². The van der Waals surface area contributed by atoms with Crippen LogP contribution in [-0.2, 0) is 9.53 Å². The van der Waals surface area contributed by atoms with Gasteiger partial charge < -0.3 is 9.84 Å². The van der Waals surface area contributed by atoms with Crippen LogP contribution in [0, 0.1) is 0 Å². The maximum atomic E-state index is 12.4. The smallest absolute Gasteiger partial charge is 0.412 e. The average Bonchev–Trinajstić information content (AvgIpc) is 2.73. The van der Waals surface area contributed by atoms with Crippen molar-refractivity contribution in [1.29, 1.82) is 0 Å². The number of phenolic OH excluding ortho intramolecular Hbond substituents is 1. The van der Waals surface area contributed by atoms with E-state index in [2.05, 4.69) is 5.32 Å². The lowest BCUT2D eigenvalue weighted by Gasteiger charge is -2.19. The SMILES string of the molecule is CC(=O)c1ccc(NC(=O)O[C@@H](CCC/C=C/C(=O)NO)c2ccc(O)cc2)cc1. The van der Waals surface area contributed by atoms with E-state index >= 15 is 0 Å². The first-order valence-electron chi connectivity index (χ1n) is 9.37. The summed E-state index contributed by atoms with van der Waals surface area (Å²) in [7, 11) is 0. The summed E-state index contributed by atoms with van der Waals surface area (Å²) in [5.74, 6) is -0.580. The van der Waals surface area contributed by atoms with E-state index in [9.17, 15) is 19.5 Å². The van der Waals surface area contributed by atoms with Crippen molar-refractivity contribution in [3.63, 3.8) is 0 Å². The predicted octanol–water partition coefficient (Wildman–Crippen LogP) is 4.12. The molecule has 0 radical (unpaired) electrons. The van der Waals surface area contributed by atoms with Crippen LogP contribution < -0.4 is 10.8 Å². The monoisotopic (exact) mass is 412 g/mol. The third-order valence-corrected chi connectivity index (χ3v) is 4.27. The number of rotatable bonds is 9. The zero-order valence-electron chi connectivity index (χ0n) is 16.5. The van der Waals surface area contributed by atoms with Crippen LogP contribution in [0.5, 0.6) is 5.75 Å². The fourth-order valence-electron chi connectivity index (χ4n) is 2.70. The van der Waals surface area contributed by atoms with Crippen molar-refractivity contribution in [3.8, 4) is 5.75 Å². The standard InChI is InChI=1S/C22H24N2O6/c1-15(25)16-7-11-18(12-8-16)23-22(28)30-20(17-9-13-19(26)14-10-17)5-3-2-4-6-21(27)24-29/h4,6-14,20,26,29H,2-3,5H2,1H3,(H,23,28)(H,24,27)/b6-4+/t20-/m0/s1. The molecule has 0 aliphatic rings. The summed E-state index contributed by atoms with van der Waals surface area (Å²) in [4.78, 5) is 34.7. The number of phenols is 1. The first-order valence-corrected chi connectivity index (χ1v) is 9.37. The summed E-state index contributed by atoms with van der Waals surface area (Å²) in [5.41, 5.74) is 3.26. The molecular weight excluding hydrogens is 388 g/mol. The maximum Gasteiger partial charge on any atom is 0.412 e. The van der Waals surface area contributed by atoms with Crippen LogP contribution >= 0.6 is 0 Å². The van der Waals surface area contributed by atoms with Gasteiger partial charge in [0.05, 0.1) is 0 Å². The van der Waals surface area contributed by atoms with Crippen LogP contribution in [0.1, 0.15) is 48.2 Å². The van der Waals surface area contributed by atoms with Crippen molar-refractivity contribution in [2.45, 2.75) is 32.3 Å². The Kier molecular flexibility index (Phi) is 8.58. The van der Waals surface area contributed by atoms with E-state index < -0.39 is 18.1 Å². The van der Waals surface area contributed by atoms with Crippen LogP contribution in [0.3, 0.4) is 0 Å². The molecule has 30 heavy (non-hydrogen) atoms. The molecule has 0 aliphatic heterocycles. The van der Waals surface area contributed by atoms with Crippen LogP contribution in [0.2, 0.25) is 0 Å². The number of hydroxylamine groups is 1. The number of nitrogens with one attached hydrogen (secondary N) is 2. The molecule has 0 unspecified atom stereocenters. The van der Waals surface area contributed by atoms with Gasteiger partial charge in [-0.05, 0) is 68.1 Å². The number of ketones is 1. The van der Waals surface area contributed by atoms with Gasteiger partial charge in [-0.2, -0.15) is 0 Å². The molecule has 0 aliphatic carbocycles. The Morgan fingerprint density at radius 3 is 2.33 bits per heavy atom. The molecule has 0 saturated carbocycles. The predicted molar refractivity (Wildman–Crippen MR) is 110 cm³/mol. The lowest BCUT2D eigenvalue weighted by Crippen LogP contribution is -2.17. The van der Waals surface area contributed by atoms with E-state index in [1.165, 1.54) is 30.6 Å². The molecule has 0 bridgehead atoms. The highest BCUT2D eigenvalue weighted by molar-refractivity contribution is 5.95. The van der Waals surface area contributed by atoms with Gasteiger partial charge in [-0.3, -0.25) is 20.1 Å². The number of aromatic hydroxyl groups is 1. The number of allylic oxidation sites excluding steroid dienone is 1. The molecule has 0 fully saturated rings. The van der Waals surface area contributed by atoms with Gasteiger partial charge in [0.25, 0.3) is 5.91 Å². The number of carbonyl (C=O) groups is 3. The fraction of sp³-hybridized carbons (Fsp3) is 0.227. The van der Waals surface area contributed by atoms with E-state index in [1.807, 2.05) is 0 Å². The second-order valence-electron chi connectivity index (χ2n) is 6.55. The molecule has 2 amide bonds. The number of carbonyl (C=O) groups excluding carboxylic acids is 3. The molecule has 0 heterocycles. The molecule has 0 aromatic heterocycles. The normalized spacial score (nSPS) is 11.7. The Balaban J connectivity index is 1.99. The highest BCUT2D eigenvalue weighted by atomic mass is 16.6. The van der Waals surface area contributed by atoms with Crippen LogP contribution in [0.25, 0.3) is 0 Å². The number of amides is 2. The Morgan fingerprint density at radius 2 is 1.73 bits per heavy atom. The number of hydrogen-bond donors (Lipinski definition) is 4. The summed E-state index contributed by atoms with van der Waals surface area (Å²) in [6.45, 7) is 1.46. The molecule has 4 N–H and O–H groups in total. The molecule has 2 aromatic carbocycles. The highest BCUT2D eigenvalue weighted by Gasteiger charge is 2.17. The topological polar surface area (TPSA) is 125 Å². The van der Waals surface area contributed by atoms with Crippen LogP contribution in [0.15, 0.2) is 60.7 Å². The molecule has 1 atom stereocenters. The minimum absolute atomic E-state index is 0.0676. The molecule has 8 nitrogen and oxygen atoms in total. The van der Waals surface area contributed by atoms with Gasteiger partial charge in [-0.25, -0.2) is 10.3 Å². The molecule has 158 valence electrons. The second kappa shape index (κ2) is 11.4. The van der Waals surface area contributed by atoms with Crippen LogP contribution in [0.4, 0.5) is 10.5 Å². The number of anilines is 1. The third kappa shape index (κ3) is 7.40. The summed E-state index contributed by atoms with van der Waals surface area (Å²) in [6, 6.07) is 12.8. The minimum atomic E-state index is -0.654. The number of unbranched alkanes of at least 4 members (excludes halogenated alkanes) is 1. The Hall–Kier alpha value is -3.65. The zero-order valence-corrected chi connectivity index (χ0v) is 16.5. The van der Waals surface area contributed by atoms with Gasteiger partial charge >= 0.3 is 6.09 Å². The molecule has 8 heteroatoms. The van der Waals surface area contributed by atoms with Crippen molar-refractivity contribution in [2.24, 2.45) is 0 Å². The third-order valence-electron chi connectivity index (χ3n) is 4.27. The van der Waals surface area contributed by atoms with Crippen molar-refractivity contribution < 1.29 is 29.4 Å². The van der Waals surface area contributed by atoms with Crippen molar-refractivity contribution in [2.75, 3.05) is 5.32 Å². The number of Topliss-reactive ketones (excluding diaryl/α,β-unsaturated/α-hetero) is 1. The van der Waals surface area contributed by atoms with Crippen molar-refractivity contribution in [3.05, 3.63) is 71.8 Å². The van der Waals surface area contributed by atoms with Crippen molar-refractivity contribution >= 4 is 23.5 Å². The van der Waals surface area contributed by atoms with Gasteiger partial charge in [0.1, 0.15) is 11.9 Å². The summed E-state index contributed by atoms with van der Waals surface area (Å²) in [6.07, 6.45) is 3.23. The largest absolute Gasteiger partial charge is 0.508 e. The average molecular weight is 412 g/mol.